The molecule has 1 unspecified atom stereocenters. The SMILES string of the molecule is CCc1nn(C)c(CC)c1S(=O)(=O)NC1CCCNC1. The molecule has 1 atom stereocenters. The Morgan fingerprint density at radius 2 is 2.15 bits per heavy atom. The van der Waals surface area contributed by atoms with Crippen LogP contribution in [0.1, 0.15) is 38.1 Å². The van der Waals surface area contributed by atoms with Gasteiger partial charge in [0.25, 0.3) is 0 Å². The molecule has 1 aliphatic heterocycles. The normalized spacial score (nSPS) is 20.2. The predicted molar refractivity (Wildman–Crippen MR) is 78.2 cm³/mol. The summed E-state index contributed by atoms with van der Waals surface area (Å²) < 4.78 is 29.9. The number of piperidine rings is 1. The van der Waals surface area contributed by atoms with Crippen LogP contribution < -0.4 is 10.0 Å². The van der Waals surface area contributed by atoms with E-state index in [-0.39, 0.29) is 6.04 Å². The van der Waals surface area contributed by atoms with E-state index in [0.29, 0.717) is 30.0 Å². The van der Waals surface area contributed by atoms with E-state index in [0.717, 1.165) is 25.1 Å². The minimum absolute atomic E-state index is 0.0247. The van der Waals surface area contributed by atoms with Crippen molar-refractivity contribution in [3.8, 4) is 0 Å². The average Bonchev–Trinajstić information content (AvgIpc) is 2.76. The summed E-state index contributed by atoms with van der Waals surface area (Å²) >= 11 is 0. The lowest BCUT2D eigenvalue weighted by atomic mass is 10.1. The molecule has 20 heavy (non-hydrogen) atoms. The largest absolute Gasteiger partial charge is 0.315 e. The Hall–Kier alpha value is -0.920. The van der Waals surface area contributed by atoms with Gasteiger partial charge in [0, 0.05) is 19.6 Å². The first kappa shape index (κ1) is 15.5. The van der Waals surface area contributed by atoms with E-state index in [4.69, 9.17) is 0 Å². The van der Waals surface area contributed by atoms with Crippen molar-refractivity contribution in [2.45, 2.75) is 50.5 Å². The molecule has 1 aromatic rings. The fourth-order valence-electron chi connectivity index (χ4n) is 2.76. The molecule has 0 aromatic carbocycles. The first-order valence-corrected chi connectivity index (χ1v) is 8.75. The molecule has 114 valence electrons. The molecular formula is C13H24N4O2S. The monoisotopic (exact) mass is 300 g/mol. The van der Waals surface area contributed by atoms with Crippen molar-refractivity contribution in [3.05, 3.63) is 11.4 Å². The van der Waals surface area contributed by atoms with Gasteiger partial charge >= 0.3 is 0 Å². The zero-order valence-electron chi connectivity index (χ0n) is 12.4. The zero-order valence-corrected chi connectivity index (χ0v) is 13.3. The lowest BCUT2D eigenvalue weighted by Gasteiger charge is -2.23. The fraction of sp³-hybridized carbons (Fsp3) is 0.769. The van der Waals surface area contributed by atoms with Crippen LogP contribution in [0.15, 0.2) is 4.90 Å². The van der Waals surface area contributed by atoms with Crippen LogP contribution in [-0.2, 0) is 29.9 Å². The van der Waals surface area contributed by atoms with Crippen LogP contribution in [0.25, 0.3) is 0 Å². The van der Waals surface area contributed by atoms with Crippen molar-refractivity contribution in [1.82, 2.24) is 19.8 Å². The third-order valence-electron chi connectivity index (χ3n) is 3.74. The number of aromatic nitrogens is 2. The highest BCUT2D eigenvalue weighted by Gasteiger charge is 2.29. The van der Waals surface area contributed by atoms with Gasteiger partial charge in [-0.15, -0.1) is 0 Å². The second-order valence-corrected chi connectivity index (χ2v) is 6.87. The minimum Gasteiger partial charge on any atom is -0.315 e. The number of hydrogen-bond donors (Lipinski definition) is 2. The summed E-state index contributed by atoms with van der Waals surface area (Å²) in [4.78, 5) is 0.385. The molecule has 0 radical (unpaired) electrons. The molecule has 0 amide bonds. The molecule has 2 rings (SSSR count). The summed E-state index contributed by atoms with van der Waals surface area (Å²) in [6.45, 7) is 5.55. The fourth-order valence-corrected chi connectivity index (χ4v) is 4.60. The molecule has 1 saturated heterocycles. The van der Waals surface area contributed by atoms with E-state index in [2.05, 4.69) is 15.1 Å². The number of aryl methyl sites for hydroxylation is 2. The standard InChI is InChI=1S/C13H24N4O2S/c1-4-11-13(12(5-2)17(3)15-11)20(18,19)16-10-7-6-8-14-9-10/h10,14,16H,4-9H2,1-3H3. The van der Waals surface area contributed by atoms with Crippen molar-refractivity contribution >= 4 is 10.0 Å². The van der Waals surface area contributed by atoms with Crippen LogP contribution in [0.3, 0.4) is 0 Å². The summed E-state index contributed by atoms with van der Waals surface area (Å²) in [5.74, 6) is 0. The maximum absolute atomic E-state index is 12.7. The smallest absolute Gasteiger partial charge is 0.244 e. The van der Waals surface area contributed by atoms with Crippen molar-refractivity contribution in [2.24, 2.45) is 7.05 Å². The van der Waals surface area contributed by atoms with Gasteiger partial charge in [-0.25, -0.2) is 13.1 Å². The highest BCUT2D eigenvalue weighted by Crippen LogP contribution is 2.22. The van der Waals surface area contributed by atoms with Gasteiger partial charge in [-0.05, 0) is 32.2 Å². The van der Waals surface area contributed by atoms with Gasteiger partial charge in [-0.3, -0.25) is 4.68 Å². The molecule has 6 nitrogen and oxygen atoms in total. The second-order valence-electron chi connectivity index (χ2n) is 5.22. The van der Waals surface area contributed by atoms with Crippen LogP contribution in [0, 0.1) is 0 Å². The van der Waals surface area contributed by atoms with Crippen molar-refractivity contribution in [1.29, 1.82) is 0 Å². The van der Waals surface area contributed by atoms with E-state index in [1.165, 1.54) is 0 Å². The molecule has 0 aliphatic carbocycles. The molecule has 1 aliphatic rings. The van der Waals surface area contributed by atoms with E-state index in [1.54, 1.807) is 11.7 Å². The summed E-state index contributed by atoms with van der Waals surface area (Å²) in [6, 6.07) is -0.0247. The Balaban J connectivity index is 2.32. The average molecular weight is 300 g/mol. The Kier molecular flexibility index (Phi) is 4.82. The Morgan fingerprint density at radius 3 is 2.70 bits per heavy atom. The zero-order chi connectivity index (χ0) is 14.8. The minimum atomic E-state index is -3.50. The first-order chi connectivity index (χ1) is 9.49. The van der Waals surface area contributed by atoms with Gasteiger partial charge in [0.05, 0.1) is 11.4 Å². The quantitative estimate of drug-likeness (QED) is 0.834. The third-order valence-corrected chi connectivity index (χ3v) is 5.40. The van der Waals surface area contributed by atoms with Gasteiger partial charge in [0.2, 0.25) is 10.0 Å². The van der Waals surface area contributed by atoms with Crippen molar-refractivity contribution in [2.75, 3.05) is 13.1 Å². The predicted octanol–water partition coefficient (Wildman–Crippen LogP) is 0.575. The topological polar surface area (TPSA) is 76.0 Å². The Morgan fingerprint density at radius 1 is 1.40 bits per heavy atom. The number of hydrogen-bond acceptors (Lipinski definition) is 4. The lowest BCUT2D eigenvalue weighted by Crippen LogP contribution is -2.45. The van der Waals surface area contributed by atoms with Crippen molar-refractivity contribution in [3.63, 3.8) is 0 Å². The number of rotatable bonds is 5. The molecule has 0 spiro atoms. The Labute approximate surface area is 121 Å². The molecule has 7 heteroatoms. The van der Waals surface area contributed by atoms with Crippen LogP contribution in [-0.4, -0.2) is 37.3 Å². The van der Waals surface area contributed by atoms with E-state index in [1.807, 2.05) is 13.8 Å². The summed E-state index contributed by atoms with van der Waals surface area (Å²) in [6.07, 6.45) is 3.16. The van der Waals surface area contributed by atoms with Crippen LogP contribution >= 0.6 is 0 Å². The van der Waals surface area contributed by atoms with Gasteiger partial charge in [-0.2, -0.15) is 5.10 Å². The maximum Gasteiger partial charge on any atom is 0.244 e. The van der Waals surface area contributed by atoms with Gasteiger partial charge in [0.1, 0.15) is 4.90 Å². The lowest BCUT2D eigenvalue weighted by molar-refractivity contribution is 0.428. The molecule has 0 saturated carbocycles. The molecule has 0 bridgehead atoms. The molecule has 1 fully saturated rings. The van der Waals surface area contributed by atoms with E-state index in [9.17, 15) is 8.42 Å². The number of nitrogens with one attached hydrogen (secondary N) is 2. The maximum atomic E-state index is 12.7. The molecule has 2 heterocycles. The summed E-state index contributed by atoms with van der Waals surface area (Å²) in [7, 11) is -1.69. The first-order valence-electron chi connectivity index (χ1n) is 7.27. The highest BCUT2D eigenvalue weighted by molar-refractivity contribution is 7.89. The summed E-state index contributed by atoms with van der Waals surface area (Å²) in [5.41, 5.74) is 1.43. The number of nitrogens with zero attached hydrogens (tertiary/aromatic N) is 2. The summed E-state index contributed by atoms with van der Waals surface area (Å²) in [5, 5.41) is 7.56. The van der Waals surface area contributed by atoms with E-state index < -0.39 is 10.0 Å². The van der Waals surface area contributed by atoms with Gasteiger partial charge < -0.3 is 5.32 Å². The third kappa shape index (κ3) is 3.05. The van der Waals surface area contributed by atoms with E-state index >= 15 is 0 Å². The molecule has 2 N–H and O–H groups in total. The van der Waals surface area contributed by atoms with Gasteiger partial charge in [-0.1, -0.05) is 13.8 Å². The van der Waals surface area contributed by atoms with Crippen LogP contribution in [0.2, 0.25) is 0 Å². The van der Waals surface area contributed by atoms with Crippen molar-refractivity contribution < 1.29 is 8.42 Å². The van der Waals surface area contributed by atoms with Gasteiger partial charge in [0.15, 0.2) is 0 Å². The Bertz CT molecular complexity index is 559. The molecular weight excluding hydrogens is 276 g/mol. The highest BCUT2D eigenvalue weighted by atomic mass is 32.2. The number of sulfonamides is 1. The second kappa shape index (κ2) is 6.24. The molecule has 1 aromatic heterocycles. The van der Waals surface area contributed by atoms with Crippen LogP contribution in [0.5, 0.6) is 0 Å². The van der Waals surface area contributed by atoms with Crippen LogP contribution in [0.4, 0.5) is 0 Å².